The average molecular weight is 256 g/mol. The van der Waals surface area contributed by atoms with Gasteiger partial charge in [0.15, 0.2) is 0 Å². The largest absolute Gasteiger partial charge is 0.372 e. The first-order valence-electron chi connectivity index (χ1n) is 7.21. The van der Waals surface area contributed by atoms with Gasteiger partial charge in [0, 0.05) is 6.54 Å². The second-order valence-electron chi connectivity index (χ2n) is 5.44. The summed E-state index contributed by atoms with van der Waals surface area (Å²) in [5, 5.41) is 9.25. The molecule has 2 unspecified atom stereocenters. The third-order valence-electron chi connectivity index (χ3n) is 4.26. The first-order chi connectivity index (χ1) is 9.38. The maximum atomic E-state index is 9.25. The molecule has 2 aliphatic rings. The minimum absolute atomic E-state index is 0.0754. The molecule has 1 aromatic rings. The third-order valence-corrected chi connectivity index (χ3v) is 4.26. The van der Waals surface area contributed by atoms with Gasteiger partial charge in [-0.2, -0.15) is 5.26 Å². The number of hydrogen-bond acceptors (Lipinski definition) is 3. The van der Waals surface area contributed by atoms with E-state index in [-0.39, 0.29) is 12.1 Å². The van der Waals surface area contributed by atoms with E-state index >= 15 is 0 Å². The zero-order valence-corrected chi connectivity index (χ0v) is 11.2. The molecule has 0 spiro atoms. The zero-order chi connectivity index (χ0) is 13.1. The molecular weight excluding hydrogens is 236 g/mol. The molecule has 2 aliphatic heterocycles. The highest BCUT2D eigenvalue weighted by Gasteiger charge is 2.28. The number of rotatable bonds is 2. The van der Waals surface area contributed by atoms with Crippen LogP contribution in [0.1, 0.15) is 36.5 Å². The molecule has 2 heterocycles. The molecule has 3 rings (SSSR count). The predicted molar refractivity (Wildman–Crippen MR) is 73.7 cm³/mol. The molecule has 1 saturated heterocycles. The third kappa shape index (κ3) is 2.65. The zero-order valence-electron chi connectivity index (χ0n) is 11.2. The molecule has 0 aromatic heterocycles. The van der Waals surface area contributed by atoms with Crippen LogP contribution in [-0.4, -0.2) is 30.6 Å². The quantitative estimate of drug-likeness (QED) is 0.816. The Morgan fingerprint density at radius 1 is 1.32 bits per heavy atom. The summed E-state index contributed by atoms with van der Waals surface area (Å²) in [5.41, 5.74) is 2.72. The summed E-state index contributed by atoms with van der Waals surface area (Å²) in [7, 11) is 0. The fraction of sp³-hybridized carbons (Fsp3) is 0.562. The molecule has 0 radical (unpaired) electrons. The summed E-state index contributed by atoms with van der Waals surface area (Å²) >= 11 is 0. The Kier molecular flexibility index (Phi) is 3.82. The van der Waals surface area contributed by atoms with Crippen molar-refractivity contribution < 1.29 is 4.74 Å². The molecule has 19 heavy (non-hydrogen) atoms. The first-order valence-corrected chi connectivity index (χ1v) is 7.21. The molecule has 100 valence electrons. The van der Waals surface area contributed by atoms with Crippen molar-refractivity contribution in [3.8, 4) is 6.07 Å². The topological polar surface area (TPSA) is 36.3 Å². The van der Waals surface area contributed by atoms with Crippen LogP contribution in [0.5, 0.6) is 0 Å². The molecule has 0 aliphatic carbocycles. The number of hydrogen-bond donors (Lipinski definition) is 0. The minimum Gasteiger partial charge on any atom is -0.372 e. The van der Waals surface area contributed by atoms with E-state index in [4.69, 9.17) is 4.74 Å². The maximum absolute atomic E-state index is 9.25. The van der Waals surface area contributed by atoms with Gasteiger partial charge in [0.05, 0.1) is 24.8 Å². The van der Waals surface area contributed by atoms with Crippen molar-refractivity contribution in [1.82, 2.24) is 4.90 Å². The van der Waals surface area contributed by atoms with Crippen molar-refractivity contribution in [2.75, 3.05) is 19.7 Å². The molecule has 0 N–H and O–H groups in total. The van der Waals surface area contributed by atoms with Gasteiger partial charge in [0.2, 0.25) is 0 Å². The summed E-state index contributed by atoms with van der Waals surface area (Å²) in [6.45, 7) is 2.68. The molecule has 3 heteroatoms. The Bertz CT molecular complexity index is 480. The fourth-order valence-corrected chi connectivity index (χ4v) is 3.20. The van der Waals surface area contributed by atoms with E-state index in [0.29, 0.717) is 0 Å². The minimum atomic E-state index is 0.0754. The van der Waals surface area contributed by atoms with Gasteiger partial charge >= 0.3 is 0 Å². The van der Waals surface area contributed by atoms with Gasteiger partial charge in [0.25, 0.3) is 0 Å². The monoisotopic (exact) mass is 256 g/mol. The second-order valence-corrected chi connectivity index (χ2v) is 5.44. The standard InChI is InChI=1S/C16H20N2O/c17-11-14-6-3-4-9-18(14)12-16-15-7-2-1-5-13(15)8-10-19-16/h1-2,5,7,14,16H,3-4,6,8-10,12H2. The van der Waals surface area contributed by atoms with Crippen molar-refractivity contribution in [2.45, 2.75) is 37.8 Å². The predicted octanol–water partition coefficient (Wildman–Crippen LogP) is 2.68. The lowest BCUT2D eigenvalue weighted by molar-refractivity contribution is 0.00537. The van der Waals surface area contributed by atoms with E-state index in [1.807, 2.05) is 0 Å². The maximum Gasteiger partial charge on any atom is 0.0978 e. The van der Waals surface area contributed by atoms with Crippen LogP contribution >= 0.6 is 0 Å². The first kappa shape index (κ1) is 12.7. The van der Waals surface area contributed by atoms with Crippen LogP contribution in [-0.2, 0) is 11.2 Å². The Morgan fingerprint density at radius 2 is 2.21 bits per heavy atom. The number of nitriles is 1. The Balaban J connectivity index is 1.75. The normalized spacial score (nSPS) is 27.5. The molecule has 0 bridgehead atoms. The van der Waals surface area contributed by atoms with Gasteiger partial charge in [-0.05, 0) is 43.4 Å². The number of benzene rings is 1. The number of ether oxygens (including phenoxy) is 1. The van der Waals surface area contributed by atoms with Crippen molar-refractivity contribution >= 4 is 0 Å². The lowest BCUT2D eigenvalue weighted by Gasteiger charge is -2.36. The van der Waals surface area contributed by atoms with E-state index in [0.717, 1.165) is 32.5 Å². The fourth-order valence-electron chi connectivity index (χ4n) is 3.20. The highest BCUT2D eigenvalue weighted by molar-refractivity contribution is 5.31. The van der Waals surface area contributed by atoms with Crippen molar-refractivity contribution in [3.63, 3.8) is 0 Å². The van der Waals surface area contributed by atoms with Crippen LogP contribution in [0.15, 0.2) is 24.3 Å². The van der Waals surface area contributed by atoms with E-state index in [9.17, 15) is 5.26 Å². The average Bonchev–Trinajstić information content (AvgIpc) is 2.48. The van der Waals surface area contributed by atoms with Gasteiger partial charge < -0.3 is 4.74 Å². The summed E-state index contributed by atoms with van der Waals surface area (Å²) in [4.78, 5) is 2.30. The summed E-state index contributed by atoms with van der Waals surface area (Å²) in [5.74, 6) is 0. The molecule has 1 aromatic carbocycles. The molecule has 0 saturated carbocycles. The molecule has 3 nitrogen and oxygen atoms in total. The van der Waals surface area contributed by atoms with Crippen LogP contribution in [0, 0.1) is 11.3 Å². The van der Waals surface area contributed by atoms with Gasteiger partial charge in [-0.15, -0.1) is 0 Å². The SMILES string of the molecule is N#CC1CCCCN1CC1OCCc2ccccc21. The van der Waals surface area contributed by atoms with Crippen molar-refractivity contribution in [2.24, 2.45) is 0 Å². The summed E-state index contributed by atoms with van der Waals surface area (Å²) in [6, 6.07) is 11.1. The smallest absolute Gasteiger partial charge is 0.0978 e. The Labute approximate surface area is 114 Å². The van der Waals surface area contributed by atoms with E-state index in [1.54, 1.807) is 0 Å². The van der Waals surface area contributed by atoms with E-state index < -0.39 is 0 Å². The summed E-state index contributed by atoms with van der Waals surface area (Å²) < 4.78 is 5.95. The van der Waals surface area contributed by atoms with E-state index in [1.165, 1.54) is 24.0 Å². The molecule has 1 fully saturated rings. The number of likely N-dealkylation sites (tertiary alicyclic amines) is 1. The van der Waals surface area contributed by atoms with Crippen LogP contribution in [0.4, 0.5) is 0 Å². The van der Waals surface area contributed by atoms with Crippen LogP contribution in [0.25, 0.3) is 0 Å². The highest BCUT2D eigenvalue weighted by Crippen LogP contribution is 2.29. The summed E-state index contributed by atoms with van der Waals surface area (Å²) in [6.07, 6.45) is 4.53. The van der Waals surface area contributed by atoms with Crippen molar-refractivity contribution in [1.29, 1.82) is 5.26 Å². The number of nitrogens with zero attached hydrogens (tertiary/aromatic N) is 2. The lowest BCUT2D eigenvalue weighted by Crippen LogP contribution is -2.42. The Morgan fingerprint density at radius 3 is 3.11 bits per heavy atom. The van der Waals surface area contributed by atoms with Crippen molar-refractivity contribution in [3.05, 3.63) is 35.4 Å². The highest BCUT2D eigenvalue weighted by atomic mass is 16.5. The molecule has 2 atom stereocenters. The second kappa shape index (κ2) is 5.73. The van der Waals surface area contributed by atoms with E-state index in [2.05, 4.69) is 35.2 Å². The van der Waals surface area contributed by atoms with Gasteiger partial charge in [-0.3, -0.25) is 4.90 Å². The number of piperidine rings is 1. The van der Waals surface area contributed by atoms with Gasteiger partial charge in [-0.1, -0.05) is 24.3 Å². The van der Waals surface area contributed by atoms with Gasteiger partial charge in [-0.25, -0.2) is 0 Å². The Hall–Kier alpha value is -1.37. The van der Waals surface area contributed by atoms with Crippen LogP contribution in [0.3, 0.4) is 0 Å². The van der Waals surface area contributed by atoms with Gasteiger partial charge in [0.1, 0.15) is 0 Å². The number of fused-ring (bicyclic) bond motifs is 1. The molecule has 0 amide bonds. The molecular formula is C16H20N2O. The van der Waals surface area contributed by atoms with Crippen LogP contribution < -0.4 is 0 Å². The van der Waals surface area contributed by atoms with Crippen LogP contribution in [0.2, 0.25) is 0 Å². The lowest BCUT2D eigenvalue weighted by atomic mass is 9.95.